The number of halogens is 2. The average Bonchev–Trinajstić information content (AvgIpc) is 2.95. The summed E-state index contributed by atoms with van der Waals surface area (Å²) in [5, 5.41) is 6.25. The zero-order valence-electron chi connectivity index (χ0n) is 15.7. The number of imidazole rings is 1. The molecule has 0 aliphatic rings. The van der Waals surface area contributed by atoms with E-state index in [1.807, 2.05) is 43.3 Å². The molecule has 0 saturated carbocycles. The first kappa shape index (κ1) is 23.0. The normalized spacial score (nSPS) is 11.4. The Labute approximate surface area is 172 Å². The molecule has 2 aromatic carbocycles. The number of carbonyl (C=O) groups excluding carboxylic acids is 1. The van der Waals surface area contributed by atoms with Crippen molar-refractivity contribution in [3.63, 3.8) is 0 Å². The molecular weight excluding hydrogens is 383 g/mol. The van der Waals surface area contributed by atoms with Gasteiger partial charge in [-0.05, 0) is 50.7 Å². The predicted molar refractivity (Wildman–Crippen MR) is 116 cm³/mol. The summed E-state index contributed by atoms with van der Waals surface area (Å²) in [5.41, 5.74) is 3.53. The number of carbonyl (C=O) groups is 1. The van der Waals surface area contributed by atoms with Crippen molar-refractivity contribution in [2.45, 2.75) is 26.8 Å². The highest BCUT2D eigenvalue weighted by Gasteiger charge is 2.13. The molecular formula is C20H26Cl2N4O. The maximum absolute atomic E-state index is 12.4. The second kappa shape index (κ2) is 10.3. The lowest BCUT2D eigenvalue weighted by molar-refractivity contribution is 0.0950. The largest absolute Gasteiger partial charge is 0.350 e. The Kier molecular flexibility index (Phi) is 8.76. The van der Waals surface area contributed by atoms with E-state index in [1.165, 1.54) is 0 Å². The summed E-state index contributed by atoms with van der Waals surface area (Å²) in [6.07, 6.45) is 0. The number of aromatic nitrogens is 2. The third-order valence-corrected chi connectivity index (χ3v) is 4.22. The van der Waals surface area contributed by atoms with Gasteiger partial charge in [-0.3, -0.25) is 9.36 Å². The standard InChI is InChI=1S/C20H24N4O.2ClH/c1-4-21-14(2)13-22-20(25)16-10-11-19-18(12-16)23-15(3)24(19)17-8-6-5-7-9-17;;/h5-12,14,21H,4,13H2,1-3H3,(H,22,25);2*1H/t14-;;/m1../s1. The van der Waals surface area contributed by atoms with E-state index in [-0.39, 0.29) is 36.8 Å². The summed E-state index contributed by atoms with van der Waals surface area (Å²) in [7, 11) is 0. The maximum atomic E-state index is 12.4. The second-order valence-corrected chi connectivity index (χ2v) is 6.20. The quantitative estimate of drug-likeness (QED) is 0.649. The van der Waals surface area contributed by atoms with Crippen molar-refractivity contribution in [2.24, 2.45) is 0 Å². The van der Waals surface area contributed by atoms with Crippen LogP contribution >= 0.6 is 24.8 Å². The fourth-order valence-corrected chi connectivity index (χ4v) is 3.01. The van der Waals surface area contributed by atoms with E-state index in [1.54, 1.807) is 0 Å². The van der Waals surface area contributed by atoms with Crippen molar-refractivity contribution < 1.29 is 4.79 Å². The van der Waals surface area contributed by atoms with Gasteiger partial charge in [-0.15, -0.1) is 24.8 Å². The zero-order valence-corrected chi connectivity index (χ0v) is 17.4. The molecule has 1 amide bonds. The number of aryl methyl sites for hydroxylation is 1. The van der Waals surface area contributed by atoms with Crippen LogP contribution in [0, 0.1) is 6.92 Å². The first-order chi connectivity index (χ1) is 12.1. The number of nitrogens with one attached hydrogen (secondary N) is 2. The van der Waals surface area contributed by atoms with E-state index < -0.39 is 0 Å². The molecule has 7 heteroatoms. The van der Waals surface area contributed by atoms with Gasteiger partial charge in [0.05, 0.1) is 11.0 Å². The molecule has 5 nitrogen and oxygen atoms in total. The number of para-hydroxylation sites is 1. The molecule has 0 spiro atoms. The molecule has 27 heavy (non-hydrogen) atoms. The van der Waals surface area contributed by atoms with E-state index in [0.29, 0.717) is 12.1 Å². The first-order valence-corrected chi connectivity index (χ1v) is 8.66. The molecule has 0 aliphatic heterocycles. The molecule has 1 aromatic heterocycles. The van der Waals surface area contributed by atoms with E-state index in [2.05, 4.69) is 46.2 Å². The zero-order chi connectivity index (χ0) is 17.8. The van der Waals surface area contributed by atoms with Crippen molar-refractivity contribution >= 4 is 41.8 Å². The molecule has 0 unspecified atom stereocenters. The SMILES string of the molecule is CCN[C@H](C)CNC(=O)c1ccc2c(c1)nc(C)n2-c1ccccc1.Cl.Cl. The van der Waals surface area contributed by atoms with Gasteiger partial charge in [0, 0.05) is 23.8 Å². The smallest absolute Gasteiger partial charge is 0.251 e. The summed E-state index contributed by atoms with van der Waals surface area (Å²) < 4.78 is 2.10. The van der Waals surface area contributed by atoms with Gasteiger partial charge in [0.15, 0.2) is 0 Å². The van der Waals surface area contributed by atoms with Gasteiger partial charge < -0.3 is 10.6 Å². The summed E-state index contributed by atoms with van der Waals surface area (Å²) >= 11 is 0. The van der Waals surface area contributed by atoms with Crippen molar-refractivity contribution in [1.29, 1.82) is 0 Å². The Morgan fingerprint density at radius 1 is 1.15 bits per heavy atom. The van der Waals surface area contributed by atoms with Gasteiger partial charge in [-0.25, -0.2) is 4.98 Å². The molecule has 1 atom stereocenters. The fourth-order valence-electron chi connectivity index (χ4n) is 3.01. The summed E-state index contributed by atoms with van der Waals surface area (Å²) in [4.78, 5) is 17.0. The van der Waals surface area contributed by atoms with Gasteiger partial charge in [-0.2, -0.15) is 0 Å². The minimum absolute atomic E-state index is 0. The number of hydrogen-bond donors (Lipinski definition) is 2. The minimum atomic E-state index is -0.0708. The van der Waals surface area contributed by atoms with Crippen molar-refractivity contribution in [2.75, 3.05) is 13.1 Å². The monoisotopic (exact) mass is 408 g/mol. The lowest BCUT2D eigenvalue weighted by atomic mass is 10.1. The number of hydrogen-bond acceptors (Lipinski definition) is 3. The number of likely N-dealkylation sites (N-methyl/N-ethyl adjacent to an activating group) is 1. The molecule has 3 aromatic rings. The maximum Gasteiger partial charge on any atom is 0.251 e. The Hall–Kier alpha value is -2.08. The van der Waals surface area contributed by atoms with Crippen LogP contribution in [0.4, 0.5) is 0 Å². The fraction of sp³-hybridized carbons (Fsp3) is 0.300. The predicted octanol–water partition coefficient (Wildman–Crippen LogP) is 3.91. The van der Waals surface area contributed by atoms with Gasteiger partial charge in [0.1, 0.15) is 5.82 Å². The summed E-state index contributed by atoms with van der Waals surface area (Å²) in [6, 6.07) is 16.0. The number of fused-ring (bicyclic) bond motifs is 1. The van der Waals surface area contributed by atoms with Gasteiger partial charge in [0.25, 0.3) is 5.91 Å². The highest BCUT2D eigenvalue weighted by molar-refractivity contribution is 5.97. The molecule has 0 saturated heterocycles. The van der Waals surface area contributed by atoms with Crippen molar-refractivity contribution in [3.8, 4) is 5.69 Å². The lowest BCUT2D eigenvalue weighted by Crippen LogP contribution is -2.38. The van der Waals surface area contributed by atoms with Gasteiger partial charge in [-0.1, -0.05) is 25.1 Å². The highest BCUT2D eigenvalue weighted by Crippen LogP contribution is 2.22. The summed E-state index contributed by atoms with van der Waals surface area (Å²) in [5.74, 6) is 0.832. The average molecular weight is 409 g/mol. The molecule has 0 fully saturated rings. The van der Waals surface area contributed by atoms with E-state index in [0.717, 1.165) is 29.1 Å². The van der Waals surface area contributed by atoms with Crippen LogP contribution in [0.2, 0.25) is 0 Å². The van der Waals surface area contributed by atoms with Crippen LogP contribution in [0.5, 0.6) is 0 Å². The lowest BCUT2D eigenvalue weighted by Gasteiger charge is -2.13. The first-order valence-electron chi connectivity index (χ1n) is 8.66. The number of benzene rings is 2. The van der Waals surface area contributed by atoms with Gasteiger partial charge >= 0.3 is 0 Å². The third kappa shape index (κ3) is 5.22. The van der Waals surface area contributed by atoms with E-state index >= 15 is 0 Å². The Morgan fingerprint density at radius 3 is 2.52 bits per heavy atom. The second-order valence-electron chi connectivity index (χ2n) is 6.20. The van der Waals surface area contributed by atoms with Crippen LogP contribution in [0.15, 0.2) is 48.5 Å². The number of amides is 1. The van der Waals surface area contributed by atoms with Crippen LogP contribution < -0.4 is 10.6 Å². The minimum Gasteiger partial charge on any atom is -0.350 e. The van der Waals surface area contributed by atoms with Crippen LogP contribution in [-0.2, 0) is 0 Å². The Morgan fingerprint density at radius 2 is 1.85 bits per heavy atom. The van der Waals surface area contributed by atoms with Gasteiger partial charge in [0.2, 0.25) is 0 Å². The molecule has 0 bridgehead atoms. The molecule has 2 N–H and O–H groups in total. The molecule has 1 heterocycles. The van der Waals surface area contributed by atoms with Crippen molar-refractivity contribution in [3.05, 3.63) is 59.9 Å². The van der Waals surface area contributed by atoms with Crippen LogP contribution in [0.3, 0.4) is 0 Å². The number of rotatable bonds is 6. The topological polar surface area (TPSA) is 58.9 Å². The molecule has 3 rings (SSSR count). The molecule has 0 radical (unpaired) electrons. The molecule has 0 aliphatic carbocycles. The van der Waals surface area contributed by atoms with Crippen molar-refractivity contribution in [1.82, 2.24) is 20.2 Å². The third-order valence-electron chi connectivity index (χ3n) is 4.22. The molecule has 146 valence electrons. The van der Waals surface area contributed by atoms with Crippen LogP contribution in [-0.4, -0.2) is 34.6 Å². The van der Waals surface area contributed by atoms with Crippen LogP contribution in [0.1, 0.15) is 30.0 Å². The number of nitrogens with zero attached hydrogens (tertiary/aromatic N) is 2. The van der Waals surface area contributed by atoms with E-state index in [9.17, 15) is 4.79 Å². The Bertz CT molecular complexity index is 880. The van der Waals surface area contributed by atoms with Crippen LogP contribution in [0.25, 0.3) is 16.7 Å². The van der Waals surface area contributed by atoms with E-state index in [4.69, 9.17) is 0 Å². The Balaban J connectivity index is 0.00000182. The summed E-state index contributed by atoms with van der Waals surface area (Å²) in [6.45, 7) is 7.57. The highest BCUT2D eigenvalue weighted by atomic mass is 35.5.